The Kier molecular flexibility index (Phi) is 9.10. The van der Waals surface area contributed by atoms with Crippen molar-refractivity contribution < 1.29 is 17.7 Å². The standard InChI is InChI=1S/C17H24N6O4S.HI/c1-18-17(20-6-12-26-16-3-2-5-19-13-16)22-7-9-23(10-8-22)28(24,25)14-15-4-11-27-21-15;/h2-5,11,13H,6-10,12,14H2,1H3,(H,18,20);1H. The van der Waals surface area contributed by atoms with Gasteiger partial charge in [-0.25, -0.2) is 8.42 Å². The zero-order chi connectivity index (χ0) is 19.8. The van der Waals surface area contributed by atoms with Gasteiger partial charge >= 0.3 is 0 Å². The monoisotopic (exact) mass is 536 g/mol. The largest absolute Gasteiger partial charge is 0.490 e. The van der Waals surface area contributed by atoms with E-state index >= 15 is 0 Å². The maximum atomic E-state index is 12.5. The van der Waals surface area contributed by atoms with Crippen LogP contribution in [0.15, 0.2) is 46.4 Å². The first kappa shape index (κ1) is 23.3. The van der Waals surface area contributed by atoms with Gasteiger partial charge in [-0.1, -0.05) is 5.16 Å². The van der Waals surface area contributed by atoms with Crippen molar-refractivity contribution in [3.8, 4) is 5.75 Å². The third-order valence-corrected chi connectivity index (χ3v) is 6.07. The summed E-state index contributed by atoms with van der Waals surface area (Å²) in [6.45, 7) is 2.95. The highest BCUT2D eigenvalue weighted by molar-refractivity contribution is 14.0. The van der Waals surface area contributed by atoms with E-state index in [-0.39, 0.29) is 29.7 Å². The number of hydrogen-bond donors (Lipinski definition) is 1. The minimum Gasteiger partial charge on any atom is -0.490 e. The molecule has 0 spiro atoms. The van der Waals surface area contributed by atoms with Gasteiger partial charge in [-0.2, -0.15) is 4.31 Å². The minimum absolute atomic E-state index is 0. The van der Waals surface area contributed by atoms with Crippen molar-refractivity contribution in [2.45, 2.75) is 5.75 Å². The fourth-order valence-corrected chi connectivity index (χ4v) is 4.29. The van der Waals surface area contributed by atoms with Gasteiger partial charge in [0.1, 0.15) is 24.4 Å². The Morgan fingerprint density at radius 1 is 1.31 bits per heavy atom. The van der Waals surface area contributed by atoms with E-state index in [9.17, 15) is 8.42 Å². The highest BCUT2D eigenvalue weighted by Crippen LogP contribution is 2.13. The molecule has 1 fully saturated rings. The van der Waals surface area contributed by atoms with Crippen LogP contribution in [0.25, 0.3) is 0 Å². The van der Waals surface area contributed by atoms with E-state index in [0.29, 0.717) is 50.8 Å². The quantitative estimate of drug-likeness (QED) is 0.239. The van der Waals surface area contributed by atoms with Crippen LogP contribution in [0.5, 0.6) is 5.75 Å². The van der Waals surface area contributed by atoms with Gasteiger partial charge in [-0.05, 0) is 12.1 Å². The number of nitrogens with one attached hydrogen (secondary N) is 1. The molecule has 2 aromatic heterocycles. The molecule has 1 N–H and O–H groups in total. The van der Waals surface area contributed by atoms with E-state index in [1.54, 1.807) is 25.5 Å². The fourth-order valence-electron chi connectivity index (χ4n) is 2.86. The molecule has 0 unspecified atom stereocenters. The van der Waals surface area contributed by atoms with Gasteiger partial charge in [0.15, 0.2) is 5.96 Å². The summed E-state index contributed by atoms with van der Waals surface area (Å²) >= 11 is 0. The van der Waals surface area contributed by atoms with E-state index in [2.05, 4.69) is 20.4 Å². The molecule has 160 valence electrons. The Labute approximate surface area is 187 Å². The van der Waals surface area contributed by atoms with Crippen molar-refractivity contribution >= 4 is 40.0 Å². The van der Waals surface area contributed by atoms with E-state index in [1.165, 1.54) is 10.6 Å². The van der Waals surface area contributed by atoms with Crippen LogP contribution >= 0.6 is 24.0 Å². The summed E-state index contributed by atoms with van der Waals surface area (Å²) in [4.78, 5) is 10.3. The maximum Gasteiger partial charge on any atom is 0.220 e. The smallest absolute Gasteiger partial charge is 0.220 e. The lowest BCUT2D eigenvalue weighted by atomic mass is 10.4. The van der Waals surface area contributed by atoms with Gasteiger partial charge in [0.2, 0.25) is 10.0 Å². The molecular formula is C17H25IN6O4S. The molecule has 1 saturated heterocycles. The molecule has 3 heterocycles. The molecule has 10 nitrogen and oxygen atoms in total. The van der Waals surface area contributed by atoms with Gasteiger partial charge < -0.3 is 19.5 Å². The molecule has 29 heavy (non-hydrogen) atoms. The number of piperazine rings is 1. The van der Waals surface area contributed by atoms with Crippen LogP contribution in [0.4, 0.5) is 0 Å². The zero-order valence-corrected chi connectivity index (χ0v) is 19.2. The molecule has 0 aliphatic carbocycles. The van der Waals surface area contributed by atoms with Crippen LogP contribution in [0, 0.1) is 0 Å². The molecule has 1 aliphatic heterocycles. The van der Waals surface area contributed by atoms with Gasteiger partial charge in [-0.3, -0.25) is 9.98 Å². The molecule has 12 heteroatoms. The summed E-state index contributed by atoms with van der Waals surface area (Å²) in [5.41, 5.74) is 0.411. The van der Waals surface area contributed by atoms with Crippen molar-refractivity contribution in [3.05, 3.63) is 42.5 Å². The van der Waals surface area contributed by atoms with Crippen molar-refractivity contribution in [2.75, 3.05) is 46.4 Å². The molecule has 0 radical (unpaired) electrons. The lowest BCUT2D eigenvalue weighted by Gasteiger charge is -2.35. The predicted molar refractivity (Wildman–Crippen MR) is 119 cm³/mol. The first-order valence-electron chi connectivity index (χ1n) is 8.94. The van der Waals surface area contributed by atoms with Gasteiger partial charge in [0.05, 0.1) is 18.4 Å². The highest BCUT2D eigenvalue weighted by atomic mass is 127. The summed E-state index contributed by atoms with van der Waals surface area (Å²) in [6, 6.07) is 5.23. The Balaban J connectivity index is 0.00000300. The Hall–Kier alpha value is -1.93. The third kappa shape index (κ3) is 6.82. The molecule has 0 bridgehead atoms. The number of hydrogen-bond acceptors (Lipinski definition) is 7. The van der Waals surface area contributed by atoms with Gasteiger partial charge in [0.25, 0.3) is 0 Å². The fraction of sp³-hybridized carbons (Fsp3) is 0.471. The lowest BCUT2D eigenvalue weighted by Crippen LogP contribution is -2.54. The average molecular weight is 536 g/mol. The van der Waals surface area contributed by atoms with Crippen LogP contribution in [-0.4, -0.2) is 80.1 Å². The Morgan fingerprint density at radius 2 is 2.10 bits per heavy atom. The minimum atomic E-state index is -3.42. The molecule has 0 aromatic carbocycles. The molecule has 0 amide bonds. The zero-order valence-electron chi connectivity index (χ0n) is 16.1. The molecule has 2 aromatic rings. The second-order valence-electron chi connectivity index (χ2n) is 6.14. The average Bonchev–Trinajstić information content (AvgIpc) is 3.21. The van der Waals surface area contributed by atoms with Crippen molar-refractivity contribution in [1.82, 2.24) is 24.7 Å². The van der Waals surface area contributed by atoms with Gasteiger partial charge in [-0.15, -0.1) is 24.0 Å². The first-order valence-corrected chi connectivity index (χ1v) is 10.5. The molecule has 0 saturated carbocycles. The summed E-state index contributed by atoms with van der Waals surface area (Å²) in [6.07, 6.45) is 4.72. The molecule has 0 atom stereocenters. The summed E-state index contributed by atoms with van der Waals surface area (Å²) in [5, 5.41) is 6.92. The SMILES string of the molecule is CN=C(NCCOc1cccnc1)N1CCN(S(=O)(=O)Cc2ccon2)CC1.I. The lowest BCUT2D eigenvalue weighted by molar-refractivity contribution is 0.257. The summed E-state index contributed by atoms with van der Waals surface area (Å²) < 4.78 is 36.8. The van der Waals surface area contributed by atoms with E-state index in [0.717, 1.165) is 5.96 Å². The number of halogens is 1. The number of aliphatic imine (C=N–C) groups is 1. The van der Waals surface area contributed by atoms with Crippen LogP contribution in [0.2, 0.25) is 0 Å². The molecule has 1 aliphatic rings. The van der Waals surface area contributed by atoms with Crippen molar-refractivity contribution in [1.29, 1.82) is 0 Å². The summed E-state index contributed by atoms with van der Waals surface area (Å²) in [7, 11) is -1.71. The number of rotatable bonds is 7. The number of guanidine groups is 1. The number of nitrogens with zero attached hydrogens (tertiary/aromatic N) is 5. The second-order valence-corrected chi connectivity index (χ2v) is 8.11. The van der Waals surface area contributed by atoms with Crippen LogP contribution in [0.3, 0.4) is 0 Å². The van der Waals surface area contributed by atoms with E-state index in [4.69, 9.17) is 9.26 Å². The predicted octanol–water partition coefficient (Wildman–Crippen LogP) is 0.789. The van der Waals surface area contributed by atoms with Crippen molar-refractivity contribution in [3.63, 3.8) is 0 Å². The number of sulfonamides is 1. The van der Waals surface area contributed by atoms with Crippen LogP contribution < -0.4 is 10.1 Å². The molecule has 3 rings (SSSR count). The number of aromatic nitrogens is 2. The Bertz CT molecular complexity index is 855. The van der Waals surface area contributed by atoms with Crippen LogP contribution in [0.1, 0.15) is 5.69 Å². The maximum absolute atomic E-state index is 12.5. The second kappa shape index (κ2) is 11.3. The number of pyridine rings is 1. The summed E-state index contributed by atoms with van der Waals surface area (Å²) in [5.74, 6) is 1.29. The first-order chi connectivity index (χ1) is 13.6. The van der Waals surface area contributed by atoms with E-state index in [1.807, 2.05) is 17.0 Å². The van der Waals surface area contributed by atoms with Gasteiger partial charge in [0, 0.05) is 45.5 Å². The third-order valence-electron chi connectivity index (χ3n) is 4.25. The van der Waals surface area contributed by atoms with Crippen LogP contribution in [-0.2, 0) is 15.8 Å². The molecular weight excluding hydrogens is 511 g/mol. The normalized spacial score (nSPS) is 15.6. The van der Waals surface area contributed by atoms with Crippen molar-refractivity contribution in [2.24, 2.45) is 4.99 Å². The highest BCUT2D eigenvalue weighted by Gasteiger charge is 2.28. The van der Waals surface area contributed by atoms with E-state index < -0.39 is 10.0 Å². The number of ether oxygens (including phenoxy) is 1. The Morgan fingerprint density at radius 3 is 2.72 bits per heavy atom. The topological polar surface area (TPSA) is 113 Å².